The van der Waals surface area contributed by atoms with E-state index in [1.165, 1.54) is 4.90 Å². The van der Waals surface area contributed by atoms with E-state index in [0.717, 1.165) is 5.69 Å². The van der Waals surface area contributed by atoms with Gasteiger partial charge in [0.25, 0.3) is 11.8 Å². The molecule has 154 valence electrons. The Bertz CT molecular complexity index is 1220. The van der Waals surface area contributed by atoms with E-state index in [1.807, 2.05) is 54.6 Å². The van der Waals surface area contributed by atoms with E-state index < -0.39 is 5.66 Å². The van der Waals surface area contributed by atoms with E-state index in [-0.39, 0.29) is 11.8 Å². The third kappa shape index (κ3) is 2.51. The van der Waals surface area contributed by atoms with Crippen LogP contribution in [0.2, 0.25) is 0 Å². The van der Waals surface area contributed by atoms with Crippen molar-refractivity contribution in [3.63, 3.8) is 0 Å². The minimum atomic E-state index is -1.44. The van der Waals surface area contributed by atoms with E-state index in [4.69, 9.17) is 4.74 Å². The quantitative estimate of drug-likeness (QED) is 0.655. The molecule has 0 aromatic heterocycles. The maximum atomic E-state index is 14.0. The highest BCUT2D eigenvalue weighted by Crippen LogP contribution is 2.50. The third-order valence-corrected chi connectivity index (χ3v) is 5.79. The van der Waals surface area contributed by atoms with Gasteiger partial charge in [-0.05, 0) is 30.3 Å². The molecule has 2 aliphatic rings. The van der Waals surface area contributed by atoms with Crippen molar-refractivity contribution >= 4 is 28.9 Å². The molecular formula is C25H21N3O3. The monoisotopic (exact) mass is 411 g/mol. The van der Waals surface area contributed by atoms with Crippen molar-refractivity contribution in [2.24, 2.45) is 0 Å². The minimum Gasteiger partial charge on any atom is -0.495 e. The SMILES string of the molecule is C=CCN1C(=O)C2(Nc3ccccc3C(=O)N2c2ccccc2OC)c2ccccc21. The van der Waals surface area contributed by atoms with Gasteiger partial charge in [-0.2, -0.15) is 0 Å². The number of rotatable bonds is 4. The number of hydrogen-bond acceptors (Lipinski definition) is 4. The summed E-state index contributed by atoms with van der Waals surface area (Å²) in [5.74, 6) is -0.0197. The van der Waals surface area contributed by atoms with Crippen molar-refractivity contribution < 1.29 is 14.3 Å². The van der Waals surface area contributed by atoms with Crippen molar-refractivity contribution in [2.75, 3.05) is 28.8 Å². The van der Waals surface area contributed by atoms with Crippen LogP contribution in [0.5, 0.6) is 5.75 Å². The molecule has 0 saturated heterocycles. The van der Waals surface area contributed by atoms with Gasteiger partial charge < -0.3 is 15.0 Å². The molecular weight excluding hydrogens is 390 g/mol. The van der Waals surface area contributed by atoms with Crippen molar-refractivity contribution in [3.05, 3.63) is 96.6 Å². The van der Waals surface area contributed by atoms with Crippen LogP contribution in [-0.2, 0) is 10.5 Å². The van der Waals surface area contributed by atoms with Gasteiger partial charge in [0.15, 0.2) is 0 Å². The topological polar surface area (TPSA) is 61.9 Å². The largest absolute Gasteiger partial charge is 0.495 e. The fourth-order valence-corrected chi connectivity index (χ4v) is 4.49. The van der Waals surface area contributed by atoms with Gasteiger partial charge in [0.05, 0.1) is 24.0 Å². The zero-order valence-electron chi connectivity index (χ0n) is 17.0. The van der Waals surface area contributed by atoms with E-state index in [9.17, 15) is 9.59 Å². The first-order chi connectivity index (χ1) is 15.1. The van der Waals surface area contributed by atoms with Crippen LogP contribution in [0.25, 0.3) is 0 Å². The van der Waals surface area contributed by atoms with Gasteiger partial charge in [-0.3, -0.25) is 14.5 Å². The molecule has 3 aromatic carbocycles. The minimum absolute atomic E-state index is 0.248. The predicted octanol–water partition coefficient (Wildman–Crippen LogP) is 4.15. The fourth-order valence-electron chi connectivity index (χ4n) is 4.49. The third-order valence-electron chi connectivity index (χ3n) is 5.79. The summed E-state index contributed by atoms with van der Waals surface area (Å²) in [7, 11) is 1.55. The van der Waals surface area contributed by atoms with Crippen LogP contribution in [0, 0.1) is 0 Å². The second-order valence-electron chi connectivity index (χ2n) is 7.41. The molecule has 0 radical (unpaired) electrons. The Morgan fingerprint density at radius 2 is 1.65 bits per heavy atom. The Labute approximate surface area is 180 Å². The average molecular weight is 411 g/mol. The van der Waals surface area contributed by atoms with Crippen LogP contribution in [0.1, 0.15) is 15.9 Å². The summed E-state index contributed by atoms with van der Waals surface area (Å²) in [5.41, 5.74) is 1.62. The van der Waals surface area contributed by atoms with Gasteiger partial charge in [0, 0.05) is 17.8 Å². The van der Waals surface area contributed by atoms with E-state index >= 15 is 0 Å². The van der Waals surface area contributed by atoms with Gasteiger partial charge >= 0.3 is 0 Å². The van der Waals surface area contributed by atoms with E-state index in [2.05, 4.69) is 11.9 Å². The second kappa shape index (κ2) is 7.02. The normalized spacial score (nSPS) is 19.1. The molecule has 1 unspecified atom stereocenters. The molecule has 2 amide bonds. The van der Waals surface area contributed by atoms with Gasteiger partial charge in [0.2, 0.25) is 5.66 Å². The zero-order chi connectivity index (χ0) is 21.6. The number of nitrogens with zero attached hydrogens (tertiary/aromatic N) is 2. The molecule has 0 fully saturated rings. The lowest BCUT2D eigenvalue weighted by Gasteiger charge is -2.45. The molecule has 2 heterocycles. The number of carbonyl (C=O) groups is 2. The molecule has 1 atom stereocenters. The van der Waals surface area contributed by atoms with Crippen LogP contribution < -0.4 is 19.9 Å². The molecule has 31 heavy (non-hydrogen) atoms. The van der Waals surface area contributed by atoms with E-state index in [0.29, 0.717) is 34.8 Å². The lowest BCUT2D eigenvalue weighted by Crippen LogP contribution is -2.63. The smallest absolute Gasteiger partial charge is 0.279 e. The lowest BCUT2D eigenvalue weighted by atomic mass is 9.92. The average Bonchev–Trinajstić information content (AvgIpc) is 3.03. The first-order valence-electron chi connectivity index (χ1n) is 10.0. The highest BCUT2D eigenvalue weighted by Gasteiger charge is 2.59. The number of amides is 2. The number of nitrogens with one attached hydrogen (secondary N) is 1. The Balaban J connectivity index is 1.84. The van der Waals surface area contributed by atoms with Crippen molar-refractivity contribution in [1.29, 1.82) is 0 Å². The Hall–Kier alpha value is -4.06. The Morgan fingerprint density at radius 1 is 0.968 bits per heavy atom. The molecule has 1 spiro atoms. The summed E-state index contributed by atoms with van der Waals surface area (Å²) >= 11 is 0. The summed E-state index contributed by atoms with van der Waals surface area (Å²) < 4.78 is 5.57. The maximum Gasteiger partial charge on any atom is 0.279 e. The van der Waals surface area contributed by atoms with Crippen LogP contribution in [0.3, 0.4) is 0 Å². The first-order valence-corrected chi connectivity index (χ1v) is 10.0. The summed E-state index contributed by atoms with van der Waals surface area (Å²) in [6.07, 6.45) is 1.68. The van der Waals surface area contributed by atoms with Crippen LogP contribution >= 0.6 is 0 Å². The molecule has 0 saturated carbocycles. The van der Waals surface area contributed by atoms with Crippen molar-refractivity contribution in [1.82, 2.24) is 0 Å². The zero-order valence-corrected chi connectivity index (χ0v) is 17.0. The molecule has 6 nitrogen and oxygen atoms in total. The Morgan fingerprint density at radius 3 is 2.42 bits per heavy atom. The number of anilines is 3. The van der Waals surface area contributed by atoms with Crippen molar-refractivity contribution in [2.45, 2.75) is 5.66 Å². The van der Waals surface area contributed by atoms with Gasteiger partial charge in [-0.25, -0.2) is 0 Å². The fraction of sp³-hybridized carbons (Fsp3) is 0.120. The summed E-state index contributed by atoms with van der Waals surface area (Å²) in [5, 5.41) is 3.42. The second-order valence-corrected chi connectivity index (χ2v) is 7.41. The first kappa shape index (κ1) is 18.9. The predicted molar refractivity (Wildman–Crippen MR) is 121 cm³/mol. The summed E-state index contributed by atoms with van der Waals surface area (Å²) in [6.45, 7) is 4.13. The molecule has 1 N–H and O–H groups in total. The van der Waals surface area contributed by atoms with Crippen LogP contribution in [0.4, 0.5) is 17.1 Å². The molecule has 0 bridgehead atoms. The molecule has 5 rings (SSSR count). The number of para-hydroxylation sites is 4. The van der Waals surface area contributed by atoms with Gasteiger partial charge in [-0.1, -0.05) is 48.5 Å². The highest BCUT2D eigenvalue weighted by molar-refractivity contribution is 6.23. The van der Waals surface area contributed by atoms with Crippen LogP contribution in [0.15, 0.2) is 85.5 Å². The highest BCUT2D eigenvalue weighted by atomic mass is 16.5. The Kier molecular flexibility index (Phi) is 4.29. The molecule has 3 aromatic rings. The number of hydrogen-bond donors (Lipinski definition) is 1. The van der Waals surface area contributed by atoms with E-state index in [1.54, 1.807) is 36.3 Å². The lowest BCUT2D eigenvalue weighted by molar-refractivity contribution is -0.122. The summed E-state index contributed by atoms with van der Waals surface area (Å²) in [6, 6.07) is 22.0. The molecule has 6 heteroatoms. The van der Waals surface area contributed by atoms with Gasteiger partial charge in [0.1, 0.15) is 5.75 Å². The maximum absolute atomic E-state index is 14.0. The molecule has 2 aliphatic heterocycles. The number of benzene rings is 3. The number of carbonyl (C=O) groups excluding carboxylic acids is 2. The molecule has 0 aliphatic carbocycles. The number of methoxy groups -OCH3 is 1. The van der Waals surface area contributed by atoms with Gasteiger partial charge in [-0.15, -0.1) is 6.58 Å². The summed E-state index contributed by atoms with van der Waals surface area (Å²) in [4.78, 5) is 31.1. The van der Waals surface area contributed by atoms with Crippen molar-refractivity contribution in [3.8, 4) is 5.75 Å². The van der Waals surface area contributed by atoms with Crippen LogP contribution in [-0.4, -0.2) is 25.5 Å². The number of ether oxygens (including phenoxy) is 1. The number of fused-ring (bicyclic) bond motifs is 3. The standard InChI is InChI=1S/C25H21N3O3/c1-3-16-27-20-13-7-5-11-18(20)25(24(27)30)26-19-12-6-4-10-17(19)23(29)28(25)21-14-8-9-15-22(21)31-2/h3-15,26H,1,16H2,2H3.